The molecule has 1 atom stereocenters. The van der Waals surface area contributed by atoms with Crippen molar-refractivity contribution in [3.63, 3.8) is 0 Å². The summed E-state index contributed by atoms with van der Waals surface area (Å²) in [5.41, 5.74) is 1.35. The molecule has 0 amide bonds. The van der Waals surface area contributed by atoms with Crippen molar-refractivity contribution in [3.05, 3.63) is 34.3 Å². The summed E-state index contributed by atoms with van der Waals surface area (Å²) < 4.78 is 0. The monoisotopic (exact) mass is 255 g/mol. The van der Waals surface area contributed by atoms with Crippen LogP contribution < -0.4 is 5.32 Å². The number of ketones is 1. The second kappa shape index (κ2) is 5.80. The maximum Gasteiger partial charge on any atom is 0.317 e. The Hall–Kier alpha value is -1.39. The largest absolute Gasteiger partial charge is 0.480 e. The van der Waals surface area contributed by atoms with Crippen molar-refractivity contribution in [2.45, 2.75) is 19.9 Å². The summed E-state index contributed by atoms with van der Waals surface area (Å²) in [6, 6.07) is 4.46. The highest BCUT2D eigenvalue weighted by molar-refractivity contribution is 6.31. The molecule has 1 aromatic rings. The number of Topliss-reactive ketones (excluding diaryl/α,β-unsaturated/α-hetero) is 1. The summed E-state index contributed by atoms with van der Waals surface area (Å²) in [5, 5.41) is 11.7. The number of aryl methyl sites for hydroxylation is 1. The molecule has 17 heavy (non-hydrogen) atoms. The van der Waals surface area contributed by atoms with Crippen LogP contribution in [0.15, 0.2) is 18.2 Å². The number of rotatable bonds is 5. The fourth-order valence-electron chi connectivity index (χ4n) is 1.38. The zero-order valence-corrected chi connectivity index (χ0v) is 10.4. The van der Waals surface area contributed by atoms with Crippen LogP contribution in [0, 0.1) is 6.92 Å². The van der Waals surface area contributed by atoms with E-state index >= 15 is 0 Å². The summed E-state index contributed by atoms with van der Waals surface area (Å²) in [5.74, 6) is -1.14. The predicted octanol–water partition coefficient (Wildman–Crippen LogP) is 1.89. The Labute approximate surface area is 105 Å². The molecule has 0 aliphatic carbocycles. The number of halogens is 1. The second-order valence-electron chi connectivity index (χ2n) is 3.82. The molecule has 5 heteroatoms. The van der Waals surface area contributed by atoms with Crippen LogP contribution in [0.25, 0.3) is 0 Å². The number of carboxylic acids is 1. The van der Waals surface area contributed by atoms with Crippen LogP contribution in [0.5, 0.6) is 0 Å². The molecule has 0 bridgehead atoms. The fourth-order valence-corrected chi connectivity index (χ4v) is 1.50. The van der Waals surface area contributed by atoms with E-state index in [1.807, 2.05) is 6.92 Å². The maximum atomic E-state index is 11.9. The topological polar surface area (TPSA) is 66.4 Å². The van der Waals surface area contributed by atoms with Crippen molar-refractivity contribution >= 4 is 23.4 Å². The molecule has 0 spiro atoms. The first kappa shape index (κ1) is 13.7. The van der Waals surface area contributed by atoms with Crippen molar-refractivity contribution in [3.8, 4) is 0 Å². The van der Waals surface area contributed by atoms with Gasteiger partial charge in [-0.25, -0.2) is 0 Å². The third-order valence-corrected chi connectivity index (χ3v) is 2.82. The van der Waals surface area contributed by atoms with Gasteiger partial charge in [-0.1, -0.05) is 11.6 Å². The molecule has 0 radical (unpaired) electrons. The van der Waals surface area contributed by atoms with Gasteiger partial charge in [0.15, 0.2) is 5.78 Å². The summed E-state index contributed by atoms with van der Waals surface area (Å²) in [4.78, 5) is 22.3. The number of carbonyl (C=O) groups is 2. The lowest BCUT2D eigenvalue weighted by Gasteiger charge is -2.11. The van der Waals surface area contributed by atoms with E-state index in [1.165, 1.54) is 0 Å². The Morgan fingerprint density at radius 2 is 2.12 bits per heavy atom. The molecule has 0 aliphatic heterocycles. The van der Waals surface area contributed by atoms with E-state index in [1.54, 1.807) is 25.1 Å². The molecule has 4 nitrogen and oxygen atoms in total. The Morgan fingerprint density at radius 1 is 1.47 bits per heavy atom. The van der Waals surface area contributed by atoms with Gasteiger partial charge in [-0.15, -0.1) is 0 Å². The Balaban J connectivity index is 2.74. The van der Waals surface area contributed by atoms with E-state index in [-0.39, 0.29) is 12.3 Å². The highest BCUT2D eigenvalue weighted by Crippen LogP contribution is 2.17. The third-order valence-electron chi connectivity index (χ3n) is 2.40. The summed E-state index contributed by atoms with van der Waals surface area (Å²) >= 11 is 5.86. The SMILES string of the molecule is Cc1cc(C(=O)C(C)NCC(=O)O)ccc1Cl. The number of nitrogens with one attached hydrogen (secondary N) is 1. The number of hydrogen-bond acceptors (Lipinski definition) is 3. The molecule has 0 saturated carbocycles. The Morgan fingerprint density at radius 3 is 2.65 bits per heavy atom. The van der Waals surface area contributed by atoms with Gasteiger partial charge in [0.05, 0.1) is 12.6 Å². The maximum absolute atomic E-state index is 11.9. The highest BCUT2D eigenvalue weighted by Gasteiger charge is 2.16. The van der Waals surface area contributed by atoms with Crippen molar-refractivity contribution in [1.82, 2.24) is 5.32 Å². The molecule has 0 heterocycles. The van der Waals surface area contributed by atoms with Gasteiger partial charge < -0.3 is 5.11 Å². The van der Waals surface area contributed by atoms with E-state index in [4.69, 9.17) is 16.7 Å². The van der Waals surface area contributed by atoms with E-state index in [0.29, 0.717) is 10.6 Å². The molecule has 2 N–H and O–H groups in total. The standard InChI is InChI=1S/C12H14ClNO3/c1-7-5-9(3-4-10(7)13)12(17)8(2)14-6-11(15)16/h3-5,8,14H,6H2,1-2H3,(H,15,16). The summed E-state index contributed by atoms with van der Waals surface area (Å²) in [6.07, 6.45) is 0. The quantitative estimate of drug-likeness (QED) is 0.789. The minimum absolute atomic E-state index is 0.147. The number of carboxylic acid groups (broad SMARTS) is 1. The summed E-state index contributed by atoms with van der Waals surface area (Å²) in [6.45, 7) is 3.21. The fraction of sp³-hybridized carbons (Fsp3) is 0.333. The van der Waals surface area contributed by atoms with Crippen LogP contribution in [0.1, 0.15) is 22.8 Å². The third kappa shape index (κ3) is 3.84. The smallest absolute Gasteiger partial charge is 0.317 e. The zero-order valence-electron chi connectivity index (χ0n) is 9.66. The molecule has 0 saturated heterocycles. The lowest BCUT2D eigenvalue weighted by atomic mass is 10.0. The van der Waals surface area contributed by atoms with Gasteiger partial charge in [-0.2, -0.15) is 0 Å². The Kier molecular flexibility index (Phi) is 4.66. The second-order valence-corrected chi connectivity index (χ2v) is 4.23. The van der Waals surface area contributed by atoms with E-state index in [2.05, 4.69) is 5.32 Å². The van der Waals surface area contributed by atoms with Crippen molar-refractivity contribution < 1.29 is 14.7 Å². The molecule has 0 fully saturated rings. The number of hydrogen-bond donors (Lipinski definition) is 2. The lowest BCUT2D eigenvalue weighted by molar-refractivity contribution is -0.136. The van der Waals surface area contributed by atoms with Crippen LogP contribution in [0.3, 0.4) is 0 Å². The summed E-state index contributed by atoms with van der Waals surface area (Å²) in [7, 11) is 0. The normalized spacial score (nSPS) is 12.2. The molecule has 0 aliphatic rings. The minimum Gasteiger partial charge on any atom is -0.480 e. The number of carbonyl (C=O) groups excluding carboxylic acids is 1. The molecule has 0 aromatic heterocycles. The lowest BCUT2D eigenvalue weighted by Crippen LogP contribution is -2.37. The van der Waals surface area contributed by atoms with Gasteiger partial charge in [-0.05, 0) is 37.6 Å². The van der Waals surface area contributed by atoms with Crippen LogP contribution in [-0.2, 0) is 4.79 Å². The van der Waals surface area contributed by atoms with Gasteiger partial charge in [0.25, 0.3) is 0 Å². The molecular formula is C12H14ClNO3. The van der Waals surface area contributed by atoms with Gasteiger partial charge in [0.1, 0.15) is 0 Å². The number of benzene rings is 1. The van der Waals surface area contributed by atoms with Crippen molar-refractivity contribution in [2.75, 3.05) is 6.54 Å². The van der Waals surface area contributed by atoms with Gasteiger partial charge in [0.2, 0.25) is 0 Å². The highest BCUT2D eigenvalue weighted by atomic mass is 35.5. The molecular weight excluding hydrogens is 242 g/mol. The van der Waals surface area contributed by atoms with E-state index in [0.717, 1.165) is 5.56 Å². The van der Waals surface area contributed by atoms with E-state index < -0.39 is 12.0 Å². The average molecular weight is 256 g/mol. The van der Waals surface area contributed by atoms with Gasteiger partial charge in [-0.3, -0.25) is 14.9 Å². The van der Waals surface area contributed by atoms with Crippen molar-refractivity contribution in [2.24, 2.45) is 0 Å². The first-order valence-corrected chi connectivity index (χ1v) is 5.55. The zero-order chi connectivity index (χ0) is 13.0. The van der Waals surface area contributed by atoms with Crippen LogP contribution in [-0.4, -0.2) is 29.4 Å². The minimum atomic E-state index is -0.989. The molecule has 1 rings (SSSR count). The Bertz CT molecular complexity index is 445. The average Bonchev–Trinajstić information content (AvgIpc) is 2.28. The predicted molar refractivity (Wildman–Crippen MR) is 65.6 cm³/mol. The van der Waals surface area contributed by atoms with Gasteiger partial charge >= 0.3 is 5.97 Å². The van der Waals surface area contributed by atoms with E-state index in [9.17, 15) is 9.59 Å². The first-order chi connectivity index (χ1) is 7.91. The molecule has 1 aromatic carbocycles. The molecule has 1 unspecified atom stereocenters. The molecule has 92 valence electrons. The number of aliphatic carboxylic acids is 1. The first-order valence-electron chi connectivity index (χ1n) is 5.17. The van der Waals surface area contributed by atoms with Crippen LogP contribution in [0.2, 0.25) is 5.02 Å². The van der Waals surface area contributed by atoms with Crippen molar-refractivity contribution in [1.29, 1.82) is 0 Å². The van der Waals surface area contributed by atoms with Crippen LogP contribution >= 0.6 is 11.6 Å². The van der Waals surface area contributed by atoms with Crippen LogP contribution in [0.4, 0.5) is 0 Å². The van der Waals surface area contributed by atoms with Gasteiger partial charge in [0, 0.05) is 10.6 Å².